The van der Waals surface area contributed by atoms with E-state index in [1.807, 2.05) is 0 Å². The molecule has 2 fully saturated rings. The average Bonchev–Trinajstić information content (AvgIpc) is 2.59. The first-order chi connectivity index (χ1) is 6.91. The summed E-state index contributed by atoms with van der Waals surface area (Å²) in [6.07, 6.45) is 1.12. The lowest BCUT2D eigenvalue weighted by Gasteiger charge is -2.32. The zero-order valence-corrected chi connectivity index (χ0v) is 10.1. The summed E-state index contributed by atoms with van der Waals surface area (Å²) in [5, 5.41) is 3.31. The SMILES string of the molecule is CC1(C)OB(/C=C2/CCNC2)OC1(C)C. The summed E-state index contributed by atoms with van der Waals surface area (Å²) in [6, 6.07) is 0. The van der Waals surface area contributed by atoms with Gasteiger partial charge in [0.05, 0.1) is 11.2 Å². The van der Waals surface area contributed by atoms with Crippen molar-refractivity contribution in [1.82, 2.24) is 5.32 Å². The molecule has 0 bridgehead atoms. The normalized spacial score (nSPS) is 31.5. The summed E-state index contributed by atoms with van der Waals surface area (Å²) in [4.78, 5) is 0. The van der Waals surface area contributed by atoms with E-state index in [4.69, 9.17) is 9.31 Å². The summed E-state index contributed by atoms with van der Waals surface area (Å²) in [7, 11) is -0.176. The summed E-state index contributed by atoms with van der Waals surface area (Å²) < 4.78 is 11.8. The minimum atomic E-state index is -0.221. The summed E-state index contributed by atoms with van der Waals surface area (Å²) in [5.41, 5.74) is 0.954. The Balaban J connectivity index is 2.06. The minimum absolute atomic E-state index is 0.176. The lowest BCUT2D eigenvalue weighted by Crippen LogP contribution is -2.41. The average molecular weight is 209 g/mol. The van der Waals surface area contributed by atoms with Gasteiger partial charge in [0.1, 0.15) is 0 Å². The van der Waals surface area contributed by atoms with Crippen LogP contribution in [0.1, 0.15) is 34.1 Å². The van der Waals surface area contributed by atoms with Gasteiger partial charge in [-0.25, -0.2) is 0 Å². The van der Waals surface area contributed by atoms with Gasteiger partial charge in [0.15, 0.2) is 0 Å². The van der Waals surface area contributed by atoms with Crippen LogP contribution in [0.4, 0.5) is 0 Å². The fraction of sp³-hybridized carbons (Fsp3) is 0.818. The van der Waals surface area contributed by atoms with Crippen molar-refractivity contribution in [3.63, 3.8) is 0 Å². The third kappa shape index (κ3) is 2.12. The maximum Gasteiger partial charge on any atom is 0.487 e. The maximum atomic E-state index is 5.90. The Morgan fingerprint density at radius 3 is 2.27 bits per heavy atom. The van der Waals surface area contributed by atoms with Gasteiger partial charge in [0, 0.05) is 6.54 Å². The van der Waals surface area contributed by atoms with Gasteiger partial charge in [-0.2, -0.15) is 0 Å². The summed E-state index contributed by atoms with van der Waals surface area (Å²) >= 11 is 0. The monoisotopic (exact) mass is 209 g/mol. The summed E-state index contributed by atoms with van der Waals surface area (Å²) in [5.74, 6) is 2.12. The van der Waals surface area contributed by atoms with Crippen LogP contribution in [0, 0.1) is 0 Å². The molecule has 4 heteroatoms. The quantitative estimate of drug-likeness (QED) is 0.664. The molecule has 0 aromatic rings. The lowest BCUT2D eigenvalue weighted by molar-refractivity contribution is 0.00578. The molecule has 2 saturated heterocycles. The fourth-order valence-corrected chi connectivity index (χ4v) is 1.88. The Kier molecular flexibility index (Phi) is 2.69. The zero-order chi connectivity index (χ0) is 11.1. The number of hydrogen-bond acceptors (Lipinski definition) is 3. The molecule has 0 atom stereocenters. The predicted octanol–water partition coefficient (Wildman–Crippen LogP) is 1.54. The Labute approximate surface area is 92.4 Å². The Morgan fingerprint density at radius 2 is 1.80 bits per heavy atom. The van der Waals surface area contributed by atoms with E-state index in [2.05, 4.69) is 39.0 Å². The molecule has 3 nitrogen and oxygen atoms in total. The van der Waals surface area contributed by atoms with Crippen LogP contribution in [0.25, 0.3) is 0 Å². The molecular weight excluding hydrogens is 189 g/mol. The highest BCUT2D eigenvalue weighted by Gasteiger charge is 2.50. The number of hydrogen-bond donors (Lipinski definition) is 1. The molecule has 0 saturated carbocycles. The molecule has 0 radical (unpaired) electrons. The highest BCUT2D eigenvalue weighted by molar-refractivity contribution is 6.51. The van der Waals surface area contributed by atoms with Gasteiger partial charge in [-0.3, -0.25) is 0 Å². The van der Waals surface area contributed by atoms with Crippen molar-refractivity contribution >= 4 is 7.12 Å². The molecule has 84 valence electrons. The number of rotatable bonds is 1. The second-order valence-electron chi connectivity index (χ2n) is 5.38. The van der Waals surface area contributed by atoms with Crippen molar-refractivity contribution in [3.05, 3.63) is 11.5 Å². The second-order valence-corrected chi connectivity index (χ2v) is 5.38. The smallest absolute Gasteiger partial charge is 0.400 e. The van der Waals surface area contributed by atoms with Gasteiger partial charge in [0.25, 0.3) is 0 Å². The Morgan fingerprint density at radius 1 is 1.20 bits per heavy atom. The van der Waals surface area contributed by atoms with Crippen molar-refractivity contribution in [1.29, 1.82) is 0 Å². The third-order valence-corrected chi connectivity index (χ3v) is 3.62. The summed E-state index contributed by atoms with van der Waals surface area (Å²) in [6.45, 7) is 10.4. The van der Waals surface area contributed by atoms with Crippen molar-refractivity contribution in [2.75, 3.05) is 13.1 Å². The molecule has 2 rings (SSSR count). The molecule has 0 amide bonds. The first kappa shape index (κ1) is 11.2. The van der Waals surface area contributed by atoms with Gasteiger partial charge in [0.2, 0.25) is 0 Å². The fourth-order valence-electron chi connectivity index (χ4n) is 1.88. The van der Waals surface area contributed by atoms with Crippen molar-refractivity contribution < 1.29 is 9.31 Å². The van der Waals surface area contributed by atoms with Gasteiger partial charge >= 0.3 is 7.12 Å². The highest BCUT2D eigenvalue weighted by Crippen LogP contribution is 2.37. The molecule has 0 aromatic carbocycles. The second kappa shape index (κ2) is 3.61. The Bertz CT molecular complexity index is 262. The van der Waals surface area contributed by atoms with Gasteiger partial charge < -0.3 is 14.6 Å². The van der Waals surface area contributed by atoms with Crippen LogP contribution in [-0.4, -0.2) is 31.4 Å². The first-order valence-electron chi connectivity index (χ1n) is 5.67. The van der Waals surface area contributed by atoms with E-state index in [-0.39, 0.29) is 18.3 Å². The van der Waals surface area contributed by atoms with Crippen LogP contribution in [-0.2, 0) is 9.31 Å². The number of nitrogens with one attached hydrogen (secondary N) is 1. The lowest BCUT2D eigenvalue weighted by atomic mass is 9.87. The van der Waals surface area contributed by atoms with Gasteiger partial charge in [-0.05, 0) is 40.7 Å². The maximum absolute atomic E-state index is 5.90. The van der Waals surface area contributed by atoms with Gasteiger partial charge in [-0.15, -0.1) is 0 Å². The van der Waals surface area contributed by atoms with Crippen LogP contribution < -0.4 is 5.32 Å². The molecule has 0 unspecified atom stereocenters. The van der Waals surface area contributed by atoms with E-state index < -0.39 is 0 Å². The molecule has 2 heterocycles. The van der Waals surface area contributed by atoms with E-state index in [0.717, 1.165) is 19.5 Å². The van der Waals surface area contributed by atoms with Crippen molar-refractivity contribution in [2.24, 2.45) is 0 Å². The topological polar surface area (TPSA) is 30.5 Å². The van der Waals surface area contributed by atoms with Crippen LogP contribution in [0.2, 0.25) is 0 Å². The van der Waals surface area contributed by atoms with E-state index in [1.165, 1.54) is 5.57 Å². The molecular formula is C11H20BNO2. The van der Waals surface area contributed by atoms with E-state index in [9.17, 15) is 0 Å². The molecule has 2 aliphatic rings. The molecule has 1 N–H and O–H groups in total. The zero-order valence-electron chi connectivity index (χ0n) is 10.1. The van der Waals surface area contributed by atoms with Crippen molar-refractivity contribution in [3.8, 4) is 0 Å². The van der Waals surface area contributed by atoms with E-state index in [1.54, 1.807) is 0 Å². The van der Waals surface area contributed by atoms with E-state index >= 15 is 0 Å². The minimum Gasteiger partial charge on any atom is -0.400 e. The standard InChI is InChI=1S/C11H20BNO2/c1-10(2)11(3,4)15-12(14-10)7-9-5-6-13-8-9/h7,13H,5-6,8H2,1-4H3/b9-7-. The predicted molar refractivity (Wildman–Crippen MR) is 61.7 cm³/mol. The first-order valence-corrected chi connectivity index (χ1v) is 5.67. The van der Waals surface area contributed by atoms with E-state index in [0.29, 0.717) is 0 Å². The van der Waals surface area contributed by atoms with Gasteiger partial charge in [-0.1, -0.05) is 11.5 Å². The van der Waals surface area contributed by atoms with Crippen LogP contribution >= 0.6 is 0 Å². The molecule has 0 aromatic heterocycles. The molecule has 15 heavy (non-hydrogen) atoms. The Hall–Kier alpha value is -0.315. The largest absolute Gasteiger partial charge is 0.487 e. The third-order valence-electron chi connectivity index (χ3n) is 3.62. The van der Waals surface area contributed by atoms with Crippen LogP contribution in [0.3, 0.4) is 0 Å². The molecule has 0 spiro atoms. The van der Waals surface area contributed by atoms with Crippen LogP contribution in [0.5, 0.6) is 0 Å². The van der Waals surface area contributed by atoms with Crippen molar-refractivity contribution in [2.45, 2.75) is 45.3 Å². The van der Waals surface area contributed by atoms with Crippen LogP contribution in [0.15, 0.2) is 11.5 Å². The molecule has 0 aliphatic carbocycles. The molecule has 2 aliphatic heterocycles. The highest BCUT2D eigenvalue weighted by atomic mass is 16.7.